The lowest BCUT2D eigenvalue weighted by Crippen LogP contribution is -2.30. The molecule has 2 aromatic rings. The Morgan fingerprint density at radius 2 is 1.93 bits per heavy atom. The summed E-state index contributed by atoms with van der Waals surface area (Å²) in [5.74, 6) is 0.160. The lowest BCUT2D eigenvalue weighted by atomic mass is 9.92. The minimum absolute atomic E-state index is 0.0502. The van der Waals surface area contributed by atoms with Crippen LogP contribution >= 0.6 is 0 Å². The fraction of sp³-hybridized carbons (Fsp3) is 0.435. The zero-order valence-electron chi connectivity index (χ0n) is 17.4. The lowest BCUT2D eigenvalue weighted by molar-refractivity contribution is -0.117. The molecular formula is C23H28F2N2O2. The van der Waals surface area contributed by atoms with Gasteiger partial charge >= 0.3 is 0 Å². The minimum atomic E-state index is -1.15. The Bertz CT molecular complexity index is 876. The molecule has 6 heteroatoms. The molecule has 0 radical (unpaired) electrons. The van der Waals surface area contributed by atoms with Gasteiger partial charge in [0.2, 0.25) is 5.91 Å². The summed E-state index contributed by atoms with van der Waals surface area (Å²) < 4.78 is 33.2. The molecule has 0 spiro atoms. The van der Waals surface area contributed by atoms with Gasteiger partial charge in [0, 0.05) is 24.7 Å². The van der Waals surface area contributed by atoms with E-state index < -0.39 is 6.17 Å². The van der Waals surface area contributed by atoms with Crippen molar-refractivity contribution in [3.05, 3.63) is 53.3 Å². The van der Waals surface area contributed by atoms with Crippen molar-refractivity contribution in [2.75, 3.05) is 23.4 Å². The molecule has 1 heterocycles. The first-order chi connectivity index (χ1) is 13.6. The number of carbonyl (C=O) groups is 1. The monoisotopic (exact) mass is 402 g/mol. The average Bonchev–Trinajstić information content (AvgIpc) is 2.75. The van der Waals surface area contributed by atoms with Gasteiger partial charge in [0.1, 0.15) is 18.2 Å². The van der Waals surface area contributed by atoms with Crippen LogP contribution < -0.4 is 15.0 Å². The first-order valence-corrected chi connectivity index (χ1v) is 9.81. The van der Waals surface area contributed by atoms with Crippen molar-refractivity contribution in [1.82, 2.24) is 0 Å². The van der Waals surface area contributed by atoms with Crippen LogP contribution in [-0.2, 0) is 11.3 Å². The van der Waals surface area contributed by atoms with Crippen LogP contribution in [0, 0.1) is 18.2 Å². The standard InChI is InChI=1S/C23H28F2N2O2/c1-15-9-20-21(10-19(15)26-22(28)11-23(2,3)4)29-14-18(25)13-27(20)12-16-5-7-17(24)8-6-16/h5-10,18H,11-14H2,1-4H3,(H,26,28)/t18-/m1/s1. The molecule has 1 N–H and O–H groups in total. The summed E-state index contributed by atoms with van der Waals surface area (Å²) in [5.41, 5.74) is 3.06. The fourth-order valence-electron chi connectivity index (χ4n) is 3.38. The number of amides is 1. The number of fused-ring (bicyclic) bond motifs is 1. The third kappa shape index (κ3) is 5.68. The van der Waals surface area contributed by atoms with Gasteiger partial charge in [-0.2, -0.15) is 0 Å². The number of nitrogens with one attached hydrogen (secondary N) is 1. The molecule has 0 aliphatic carbocycles. The quantitative estimate of drug-likeness (QED) is 0.760. The number of hydrogen-bond donors (Lipinski definition) is 1. The third-order valence-corrected chi connectivity index (χ3v) is 4.74. The molecular weight excluding hydrogens is 374 g/mol. The second-order valence-electron chi connectivity index (χ2n) is 8.84. The van der Waals surface area contributed by atoms with E-state index >= 15 is 0 Å². The molecule has 0 bridgehead atoms. The highest BCUT2D eigenvalue weighted by Gasteiger charge is 2.25. The predicted molar refractivity (Wildman–Crippen MR) is 112 cm³/mol. The van der Waals surface area contributed by atoms with Crippen molar-refractivity contribution in [3.63, 3.8) is 0 Å². The van der Waals surface area contributed by atoms with Gasteiger partial charge in [0.15, 0.2) is 6.17 Å². The molecule has 1 aliphatic rings. The Balaban J connectivity index is 1.87. The Morgan fingerprint density at radius 1 is 1.24 bits per heavy atom. The number of anilines is 2. The van der Waals surface area contributed by atoms with E-state index in [0.29, 0.717) is 24.4 Å². The summed E-state index contributed by atoms with van der Waals surface area (Å²) in [6.45, 7) is 8.49. The Labute approximate surface area is 170 Å². The number of benzene rings is 2. The summed E-state index contributed by atoms with van der Waals surface area (Å²) in [7, 11) is 0. The van der Waals surface area contributed by atoms with Gasteiger partial charge in [-0.05, 0) is 41.7 Å². The molecule has 29 heavy (non-hydrogen) atoms. The van der Waals surface area contributed by atoms with Gasteiger partial charge in [-0.15, -0.1) is 0 Å². The van der Waals surface area contributed by atoms with Crippen LogP contribution in [0.2, 0.25) is 0 Å². The normalized spacial score (nSPS) is 16.6. The largest absolute Gasteiger partial charge is 0.488 e. The highest BCUT2D eigenvalue weighted by molar-refractivity contribution is 5.92. The maximum atomic E-state index is 14.3. The number of halogens is 2. The molecule has 0 saturated heterocycles. The summed E-state index contributed by atoms with van der Waals surface area (Å²) in [4.78, 5) is 14.2. The van der Waals surface area contributed by atoms with E-state index in [9.17, 15) is 13.6 Å². The summed E-state index contributed by atoms with van der Waals surface area (Å²) >= 11 is 0. The molecule has 3 rings (SSSR count). The van der Waals surface area contributed by atoms with Crippen LogP contribution in [0.15, 0.2) is 36.4 Å². The molecule has 0 aromatic heterocycles. The molecule has 1 amide bonds. The van der Waals surface area contributed by atoms with Gasteiger partial charge in [-0.1, -0.05) is 32.9 Å². The topological polar surface area (TPSA) is 41.6 Å². The van der Waals surface area contributed by atoms with Crippen LogP contribution in [0.1, 0.15) is 38.3 Å². The Morgan fingerprint density at radius 3 is 2.59 bits per heavy atom. The fourth-order valence-corrected chi connectivity index (χ4v) is 3.38. The zero-order chi connectivity index (χ0) is 21.2. The number of alkyl halides is 1. The predicted octanol–water partition coefficient (Wildman–Crippen LogP) is 5.25. The number of carbonyl (C=O) groups excluding carboxylic acids is 1. The lowest BCUT2D eigenvalue weighted by Gasteiger charge is -2.26. The van der Waals surface area contributed by atoms with Gasteiger partial charge in [-0.25, -0.2) is 8.78 Å². The molecule has 1 atom stereocenters. The smallest absolute Gasteiger partial charge is 0.224 e. The highest BCUT2D eigenvalue weighted by Crippen LogP contribution is 2.37. The second-order valence-corrected chi connectivity index (χ2v) is 8.84. The molecule has 0 saturated carbocycles. The van der Waals surface area contributed by atoms with E-state index in [4.69, 9.17) is 4.74 Å². The van der Waals surface area contributed by atoms with Crippen LogP contribution in [0.25, 0.3) is 0 Å². The van der Waals surface area contributed by atoms with Gasteiger partial charge in [-0.3, -0.25) is 4.79 Å². The molecule has 1 aliphatic heterocycles. The summed E-state index contributed by atoms with van der Waals surface area (Å²) in [6, 6.07) is 9.86. The first kappa shape index (κ1) is 21.1. The van der Waals surface area contributed by atoms with E-state index in [-0.39, 0.29) is 30.3 Å². The average molecular weight is 402 g/mol. The van der Waals surface area contributed by atoms with E-state index in [1.54, 1.807) is 18.2 Å². The van der Waals surface area contributed by atoms with Crippen molar-refractivity contribution in [2.45, 2.75) is 46.8 Å². The zero-order valence-corrected chi connectivity index (χ0v) is 17.4. The molecule has 0 unspecified atom stereocenters. The van der Waals surface area contributed by atoms with Crippen molar-refractivity contribution in [2.24, 2.45) is 5.41 Å². The van der Waals surface area contributed by atoms with Gasteiger partial charge < -0.3 is 15.0 Å². The van der Waals surface area contributed by atoms with E-state index in [1.165, 1.54) is 12.1 Å². The number of ether oxygens (including phenoxy) is 1. The number of rotatable bonds is 4. The van der Waals surface area contributed by atoms with Crippen molar-refractivity contribution < 1.29 is 18.3 Å². The minimum Gasteiger partial charge on any atom is -0.488 e. The van der Waals surface area contributed by atoms with Crippen molar-refractivity contribution in [3.8, 4) is 5.75 Å². The summed E-state index contributed by atoms with van der Waals surface area (Å²) in [6.07, 6.45) is -0.754. The number of nitrogens with zero attached hydrogens (tertiary/aromatic N) is 1. The number of hydrogen-bond acceptors (Lipinski definition) is 3. The van der Waals surface area contributed by atoms with Crippen LogP contribution in [0.5, 0.6) is 5.75 Å². The van der Waals surface area contributed by atoms with Gasteiger partial charge in [0.05, 0.1) is 12.2 Å². The molecule has 2 aromatic carbocycles. The van der Waals surface area contributed by atoms with E-state index in [0.717, 1.165) is 16.8 Å². The van der Waals surface area contributed by atoms with E-state index in [1.807, 2.05) is 38.7 Å². The SMILES string of the molecule is Cc1cc2c(cc1NC(=O)CC(C)(C)C)OC[C@H](F)CN2Cc1ccc(F)cc1. The van der Waals surface area contributed by atoms with Crippen LogP contribution in [0.4, 0.5) is 20.2 Å². The van der Waals surface area contributed by atoms with E-state index in [2.05, 4.69) is 5.32 Å². The first-order valence-electron chi connectivity index (χ1n) is 9.81. The molecule has 4 nitrogen and oxygen atoms in total. The highest BCUT2D eigenvalue weighted by atomic mass is 19.1. The third-order valence-electron chi connectivity index (χ3n) is 4.74. The Kier molecular flexibility index (Phi) is 6.10. The Hall–Kier alpha value is -2.63. The van der Waals surface area contributed by atoms with Crippen LogP contribution in [0.3, 0.4) is 0 Å². The van der Waals surface area contributed by atoms with Crippen molar-refractivity contribution >= 4 is 17.3 Å². The maximum Gasteiger partial charge on any atom is 0.224 e. The van der Waals surface area contributed by atoms with Crippen molar-refractivity contribution in [1.29, 1.82) is 0 Å². The summed E-state index contributed by atoms with van der Waals surface area (Å²) in [5, 5.41) is 2.95. The maximum absolute atomic E-state index is 14.3. The molecule has 156 valence electrons. The molecule has 0 fully saturated rings. The van der Waals surface area contributed by atoms with Crippen LogP contribution in [-0.4, -0.2) is 25.2 Å². The number of aryl methyl sites for hydroxylation is 1. The van der Waals surface area contributed by atoms with Gasteiger partial charge in [0.25, 0.3) is 0 Å². The second kappa shape index (κ2) is 8.39.